The van der Waals surface area contributed by atoms with E-state index < -0.39 is 0 Å². The van der Waals surface area contributed by atoms with Crippen LogP contribution in [0, 0.1) is 11.2 Å². The van der Waals surface area contributed by atoms with Crippen LogP contribution < -0.4 is 5.32 Å². The molecule has 0 amide bonds. The zero-order valence-electron chi connectivity index (χ0n) is 11.8. The Morgan fingerprint density at radius 2 is 2.00 bits per heavy atom. The lowest BCUT2D eigenvalue weighted by Crippen LogP contribution is -2.37. The van der Waals surface area contributed by atoms with Crippen molar-refractivity contribution in [2.45, 2.75) is 52.0 Å². The van der Waals surface area contributed by atoms with Gasteiger partial charge in [-0.1, -0.05) is 38.8 Å². The minimum Gasteiger partial charge on any atom is -0.314 e. The molecule has 1 aromatic carbocycles. The van der Waals surface area contributed by atoms with Crippen LogP contribution in [-0.2, 0) is 6.42 Å². The lowest BCUT2D eigenvalue weighted by atomic mass is 9.79. The largest absolute Gasteiger partial charge is 0.314 e. The third-order valence-electron chi connectivity index (χ3n) is 4.15. The minimum absolute atomic E-state index is 0.150. The lowest BCUT2D eigenvalue weighted by Gasteiger charge is -2.31. The normalized spacial score (nSPS) is 18.2. The van der Waals surface area contributed by atoms with Crippen molar-refractivity contribution in [1.29, 1.82) is 0 Å². The summed E-state index contributed by atoms with van der Waals surface area (Å²) in [5.41, 5.74) is 1.41. The van der Waals surface area contributed by atoms with Crippen molar-refractivity contribution in [3.8, 4) is 0 Å². The maximum atomic E-state index is 13.6. The number of benzene rings is 1. The fourth-order valence-corrected chi connectivity index (χ4v) is 3.46. The standard InChI is InChI=1S/C16H23BrFN/c1-12(2)19-11-16(8-3-4-9-16)10-13-6-5-7-14(18)15(13)17/h5-7,12,19H,3-4,8-11H2,1-2H3. The first-order valence-corrected chi connectivity index (χ1v) is 7.98. The maximum Gasteiger partial charge on any atom is 0.137 e. The van der Waals surface area contributed by atoms with Crippen LogP contribution in [0.3, 0.4) is 0 Å². The summed E-state index contributed by atoms with van der Waals surface area (Å²) in [4.78, 5) is 0. The Kier molecular flexibility index (Phi) is 5.02. The predicted molar refractivity (Wildman–Crippen MR) is 81.8 cm³/mol. The lowest BCUT2D eigenvalue weighted by molar-refractivity contribution is 0.268. The molecule has 0 bridgehead atoms. The second kappa shape index (κ2) is 6.36. The van der Waals surface area contributed by atoms with Gasteiger partial charge in [-0.2, -0.15) is 0 Å². The van der Waals surface area contributed by atoms with Crippen molar-refractivity contribution in [3.63, 3.8) is 0 Å². The molecular formula is C16H23BrFN. The summed E-state index contributed by atoms with van der Waals surface area (Å²) in [5, 5.41) is 3.57. The number of hydrogen-bond donors (Lipinski definition) is 1. The number of halogens is 2. The second-order valence-electron chi connectivity index (χ2n) is 6.13. The van der Waals surface area contributed by atoms with Gasteiger partial charge in [0.15, 0.2) is 0 Å². The molecule has 1 fully saturated rings. The summed E-state index contributed by atoms with van der Waals surface area (Å²) in [6.07, 6.45) is 6.05. The number of nitrogens with one attached hydrogen (secondary N) is 1. The number of hydrogen-bond acceptors (Lipinski definition) is 1. The van der Waals surface area contributed by atoms with Gasteiger partial charge in [0.2, 0.25) is 0 Å². The second-order valence-corrected chi connectivity index (χ2v) is 6.93. The first kappa shape index (κ1) is 15.0. The summed E-state index contributed by atoms with van der Waals surface area (Å²) in [7, 11) is 0. The van der Waals surface area contributed by atoms with Crippen LogP contribution in [0.15, 0.2) is 22.7 Å². The average Bonchev–Trinajstić information content (AvgIpc) is 2.82. The van der Waals surface area contributed by atoms with E-state index in [9.17, 15) is 4.39 Å². The summed E-state index contributed by atoms with van der Waals surface area (Å²) in [6, 6.07) is 5.88. The van der Waals surface area contributed by atoms with Crippen LogP contribution in [0.25, 0.3) is 0 Å². The van der Waals surface area contributed by atoms with Gasteiger partial charge in [-0.05, 0) is 52.2 Å². The molecule has 19 heavy (non-hydrogen) atoms. The van der Waals surface area contributed by atoms with Crippen molar-refractivity contribution in [2.24, 2.45) is 5.41 Å². The van der Waals surface area contributed by atoms with Gasteiger partial charge in [0.1, 0.15) is 5.82 Å². The summed E-state index contributed by atoms with van der Waals surface area (Å²) in [6.45, 7) is 5.40. The summed E-state index contributed by atoms with van der Waals surface area (Å²) in [5.74, 6) is -0.150. The van der Waals surface area contributed by atoms with Crippen LogP contribution >= 0.6 is 15.9 Å². The minimum atomic E-state index is -0.150. The van der Waals surface area contributed by atoms with Crippen LogP contribution in [0.1, 0.15) is 45.1 Å². The van der Waals surface area contributed by atoms with Crippen molar-refractivity contribution < 1.29 is 4.39 Å². The summed E-state index contributed by atoms with van der Waals surface area (Å²) >= 11 is 3.40. The Balaban J connectivity index is 2.14. The molecule has 0 atom stereocenters. The monoisotopic (exact) mass is 327 g/mol. The maximum absolute atomic E-state index is 13.6. The highest BCUT2D eigenvalue weighted by Gasteiger charge is 2.34. The van der Waals surface area contributed by atoms with E-state index in [1.54, 1.807) is 0 Å². The predicted octanol–water partition coefficient (Wildman–Crippen LogP) is 4.69. The molecule has 1 nitrogen and oxygen atoms in total. The van der Waals surface area contributed by atoms with Crippen LogP contribution in [0.2, 0.25) is 0 Å². The molecular weight excluding hydrogens is 305 g/mol. The Hall–Kier alpha value is -0.410. The van der Waals surface area contributed by atoms with Gasteiger partial charge in [-0.15, -0.1) is 0 Å². The van der Waals surface area contributed by atoms with Crippen LogP contribution in [0.5, 0.6) is 0 Å². The van der Waals surface area contributed by atoms with E-state index in [1.165, 1.54) is 31.7 Å². The topological polar surface area (TPSA) is 12.0 Å². The zero-order chi connectivity index (χ0) is 13.9. The molecule has 0 saturated heterocycles. The first-order valence-electron chi connectivity index (χ1n) is 7.19. The molecule has 1 saturated carbocycles. The third-order valence-corrected chi connectivity index (χ3v) is 5.03. The van der Waals surface area contributed by atoms with Crippen molar-refractivity contribution >= 4 is 15.9 Å². The van der Waals surface area contributed by atoms with E-state index in [0.717, 1.165) is 18.5 Å². The molecule has 1 aromatic rings. The van der Waals surface area contributed by atoms with Crippen molar-refractivity contribution in [2.75, 3.05) is 6.54 Å². The van der Waals surface area contributed by atoms with E-state index in [0.29, 0.717) is 15.9 Å². The van der Waals surface area contributed by atoms with Gasteiger partial charge in [-0.25, -0.2) is 4.39 Å². The molecule has 1 aliphatic carbocycles. The highest BCUT2D eigenvalue weighted by atomic mass is 79.9. The fraction of sp³-hybridized carbons (Fsp3) is 0.625. The molecule has 0 spiro atoms. The van der Waals surface area contributed by atoms with Crippen molar-refractivity contribution in [1.82, 2.24) is 5.32 Å². The zero-order valence-corrected chi connectivity index (χ0v) is 13.4. The number of rotatable bonds is 5. The van der Waals surface area contributed by atoms with Gasteiger partial charge in [0.05, 0.1) is 4.47 Å². The molecule has 1 aliphatic rings. The van der Waals surface area contributed by atoms with Crippen molar-refractivity contribution in [3.05, 3.63) is 34.1 Å². The average molecular weight is 328 g/mol. The Morgan fingerprint density at radius 3 is 2.63 bits per heavy atom. The summed E-state index contributed by atoms with van der Waals surface area (Å²) < 4.78 is 14.3. The SMILES string of the molecule is CC(C)NCC1(Cc2cccc(F)c2Br)CCCC1. The van der Waals surface area contributed by atoms with Gasteiger partial charge in [0.25, 0.3) is 0 Å². The van der Waals surface area contributed by atoms with Gasteiger partial charge in [-0.3, -0.25) is 0 Å². The Labute approximate surface area is 124 Å². The van der Waals surface area contributed by atoms with E-state index >= 15 is 0 Å². The Morgan fingerprint density at radius 1 is 1.32 bits per heavy atom. The fourth-order valence-electron chi connectivity index (χ4n) is 3.05. The highest BCUT2D eigenvalue weighted by molar-refractivity contribution is 9.10. The van der Waals surface area contributed by atoms with E-state index in [-0.39, 0.29) is 5.82 Å². The molecule has 0 radical (unpaired) electrons. The van der Waals surface area contributed by atoms with E-state index in [4.69, 9.17) is 0 Å². The third kappa shape index (κ3) is 3.79. The van der Waals surface area contributed by atoms with Crippen LogP contribution in [0.4, 0.5) is 4.39 Å². The van der Waals surface area contributed by atoms with Gasteiger partial charge in [0, 0.05) is 12.6 Å². The quantitative estimate of drug-likeness (QED) is 0.827. The molecule has 2 rings (SSSR count). The molecule has 3 heteroatoms. The smallest absolute Gasteiger partial charge is 0.137 e. The van der Waals surface area contributed by atoms with E-state index in [1.807, 2.05) is 12.1 Å². The molecule has 1 N–H and O–H groups in total. The molecule has 0 unspecified atom stereocenters. The molecule has 0 aliphatic heterocycles. The molecule has 0 aromatic heterocycles. The molecule has 0 heterocycles. The van der Waals surface area contributed by atoms with Gasteiger partial charge < -0.3 is 5.32 Å². The molecule has 106 valence electrons. The first-order chi connectivity index (χ1) is 9.02. The Bertz CT molecular complexity index is 425. The highest BCUT2D eigenvalue weighted by Crippen LogP contribution is 2.42. The van der Waals surface area contributed by atoms with Crippen LogP contribution in [-0.4, -0.2) is 12.6 Å². The van der Waals surface area contributed by atoms with E-state index in [2.05, 4.69) is 35.1 Å². The van der Waals surface area contributed by atoms with Gasteiger partial charge >= 0.3 is 0 Å².